The molecule has 0 N–H and O–H groups in total. The second-order valence-corrected chi connectivity index (χ2v) is 4.64. The topological polar surface area (TPSA) is 26.3 Å². The van der Waals surface area contributed by atoms with Gasteiger partial charge in [0.05, 0.1) is 5.02 Å². The number of Topliss-reactive ketones (excluding diaryl/α,β-unsaturated/α-hetero) is 1. The normalized spacial score (nSPS) is 10.3. The van der Waals surface area contributed by atoms with Crippen molar-refractivity contribution in [3.05, 3.63) is 58.4 Å². The van der Waals surface area contributed by atoms with Crippen LogP contribution in [0, 0.1) is 12.7 Å². The first-order valence-electron chi connectivity index (χ1n) is 5.72. The molecule has 0 saturated heterocycles. The van der Waals surface area contributed by atoms with Crippen LogP contribution in [0.3, 0.4) is 0 Å². The van der Waals surface area contributed by atoms with E-state index in [-0.39, 0.29) is 16.6 Å². The van der Waals surface area contributed by atoms with E-state index in [1.165, 1.54) is 19.1 Å². The molecule has 2 rings (SSSR count). The summed E-state index contributed by atoms with van der Waals surface area (Å²) in [6.45, 7) is 3.29. The molecule has 98 valence electrons. The lowest BCUT2D eigenvalue weighted by Gasteiger charge is -2.09. The fraction of sp³-hybridized carbons (Fsp3) is 0.133. The van der Waals surface area contributed by atoms with Crippen LogP contribution < -0.4 is 4.74 Å². The van der Waals surface area contributed by atoms with Gasteiger partial charge in [0.15, 0.2) is 17.3 Å². The van der Waals surface area contributed by atoms with Gasteiger partial charge < -0.3 is 4.74 Å². The third-order valence-electron chi connectivity index (χ3n) is 2.65. The van der Waals surface area contributed by atoms with Gasteiger partial charge in [0.25, 0.3) is 0 Å². The molecule has 0 aliphatic rings. The van der Waals surface area contributed by atoms with E-state index in [4.69, 9.17) is 16.3 Å². The van der Waals surface area contributed by atoms with Gasteiger partial charge in [0.1, 0.15) is 5.75 Å². The van der Waals surface area contributed by atoms with Gasteiger partial charge in [-0.05, 0) is 49.7 Å². The molecular formula is C15H12ClFO2. The molecule has 0 spiro atoms. The van der Waals surface area contributed by atoms with Crippen molar-refractivity contribution in [2.75, 3.05) is 0 Å². The quantitative estimate of drug-likeness (QED) is 0.755. The van der Waals surface area contributed by atoms with Crippen molar-refractivity contribution in [1.29, 1.82) is 0 Å². The Balaban J connectivity index is 2.33. The lowest BCUT2D eigenvalue weighted by molar-refractivity contribution is 0.101. The number of hydrogen-bond donors (Lipinski definition) is 0. The fourth-order valence-electron chi connectivity index (χ4n) is 1.61. The fourth-order valence-corrected chi connectivity index (χ4v) is 1.83. The number of hydrogen-bond acceptors (Lipinski definition) is 2. The minimum atomic E-state index is -0.461. The Hall–Kier alpha value is -1.87. The van der Waals surface area contributed by atoms with E-state index in [0.717, 1.165) is 5.56 Å². The molecule has 0 aromatic heterocycles. The maximum absolute atomic E-state index is 13.6. The first kappa shape index (κ1) is 13.6. The molecule has 0 atom stereocenters. The summed E-state index contributed by atoms with van der Waals surface area (Å²) in [6, 6.07) is 9.24. The van der Waals surface area contributed by atoms with E-state index in [1.807, 2.05) is 6.92 Å². The predicted octanol–water partition coefficient (Wildman–Crippen LogP) is 4.78. The lowest BCUT2D eigenvalue weighted by Crippen LogP contribution is -1.94. The molecule has 2 nitrogen and oxygen atoms in total. The molecule has 2 aromatic carbocycles. The summed E-state index contributed by atoms with van der Waals surface area (Å²) in [5, 5.41) is 0.272. The van der Waals surface area contributed by atoms with Crippen LogP contribution in [-0.4, -0.2) is 5.78 Å². The van der Waals surface area contributed by atoms with Gasteiger partial charge in [-0.1, -0.05) is 17.7 Å². The van der Waals surface area contributed by atoms with E-state index in [1.54, 1.807) is 24.3 Å². The number of ether oxygens (including phenoxy) is 1. The summed E-state index contributed by atoms with van der Waals surface area (Å²) < 4.78 is 19.0. The minimum absolute atomic E-state index is 0.0878. The molecule has 0 unspecified atom stereocenters. The Morgan fingerprint density at radius 1 is 1.16 bits per heavy atom. The first-order valence-corrected chi connectivity index (χ1v) is 6.09. The van der Waals surface area contributed by atoms with Crippen LogP contribution in [0.15, 0.2) is 36.4 Å². The van der Waals surface area contributed by atoms with Gasteiger partial charge in [0, 0.05) is 5.56 Å². The van der Waals surface area contributed by atoms with E-state index >= 15 is 0 Å². The van der Waals surface area contributed by atoms with E-state index in [2.05, 4.69) is 0 Å². The van der Waals surface area contributed by atoms with Gasteiger partial charge in [-0.2, -0.15) is 0 Å². The zero-order chi connectivity index (χ0) is 14.0. The highest BCUT2D eigenvalue weighted by Gasteiger charge is 2.10. The average Bonchev–Trinajstić information content (AvgIpc) is 2.36. The number of halogens is 2. The summed E-state index contributed by atoms with van der Waals surface area (Å²) >= 11 is 6.02. The molecular weight excluding hydrogens is 267 g/mol. The summed E-state index contributed by atoms with van der Waals surface area (Å²) in [5.74, 6) is -0.124. The van der Waals surface area contributed by atoms with E-state index in [0.29, 0.717) is 11.3 Å². The zero-order valence-electron chi connectivity index (χ0n) is 10.5. The Kier molecular flexibility index (Phi) is 3.86. The molecule has 2 aromatic rings. The van der Waals surface area contributed by atoms with Crippen LogP contribution in [0.4, 0.5) is 4.39 Å². The third-order valence-corrected chi connectivity index (χ3v) is 2.94. The van der Waals surface area contributed by atoms with Crippen molar-refractivity contribution in [3.63, 3.8) is 0 Å². The van der Waals surface area contributed by atoms with Crippen molar-refractivity contribution in [2.45, 2.75) is 13.8 Å². The Bertz CT molecular complexity index is 638. The molecule has 0 heterocycles. The minimum Gasteiger partial charge on any atom is -0.453 e. The smallest absolute Gasteiger partial charge is 0.165 e. The van der Waals surface area contributed by atoms with Crippen molar-refractivity contribution >= 4 is 17.4 Å². The van der Waals surface area contributed by atoms with Crippen LogP contribution in [0.1, 0.15) is 22.8 Å². The van der Waals surface area contributed by atoms with Crippen molar-refractivity contribution < 1.29 is 13.9 Å². The lowest BCUT2D eigenvalue weighted by atomic mass is 10.1. The number of benzene rings is 2. The second-order valence-electron chi connectivity index (χ2n) is 4.24. The van der Waals surface area contributed by atoms with Crippen molar-refractivity contribution in [3.8, 4) is 11.5 Å². The summed E-state index contributed by atoms with van der Waals surface area (Å²) in [4.78, 5) is 11.2. The Labute approximate surface area is 115 Å². The zero-order valence-corrected chi connectivity index (χ0v) is 11.3. The maximum Gasteiger partial charge on any atom is 0.165 e. The Morgan fingerprint density at radius 3 is 2.53 bits per heavy atom. The summed E-state index contributed by atoms with van der Waals surface area (Å²) in [5.41, 5.74) is 1.37. The molecule has 19 heavy (non-hydrogen) atoms. The number of aryl methyl sites for hydroxylation is 1. The maximum atomic E-state index is 13.6. The SMILES string of the molecule is CC(=O)c1ccc(Oc2cc(C)ccc2F)c(Cl)c1. The molecule has 0 radical (unpaired) electrons. The molecule has 0 bridgehead atoms. The third kappa shape index (κ3) is 3.12. The molecule has 0 amide bonds. The van der Waals surface area contributed by atoms with Crippen LogP contribution in [0.25, 0.3) is 0 Å². The molecule has 0 saturated carbocycles. The van der Waals surface area contributed by atoms with Crippen molar-refractivity contribution in [2.24, 2.45) is 0 Å². The number of carbonyl (C=O) groups excluding carboxylic acids is 1. The number of carbonyl (C=O) groups is 1. The highest BCUT2D eigenvalue weighted by molar-refractivity contribution is 6.32. The van der Waals surface area contributed by atoms with Gasteiger partial charge in [-0.3, -0.25) is 4.79 Å². The van der Waals surface area contributed by atoms with Crippen LogP contribution in [-0.2, 0) is 0 Å². The molecule has 0 fully saturated rings. The predicted molar refractivity (Wildman–Crippen MR) is 72.7 cm³/mol. The van der Waals surface area contributed by atoms with Crippen LogP contribution in [0.2, 0.25) is 5.02 Å². The highest BCUT2D eigenvalue weighted by atomic mass is 35.5. The first-order chi connectivity index (χ1) is 8.97. The largest absolute Gasteiger partial charge is 0.453 e. The van der Waals surface area contributed by atoms with Gasteiger partial charge in [-0.25, -0.2) is 4.39 Å². The number of ketones is 1. The van der Waals surface area contributed by atoms with Gasteiger partial charge >= 0.3 is 0 Å². The van der Waals surface area contributed by atoms with Gasteiger partial charge in [-0.15, -0.1) is 0 Å². The molecule has 0 aliphatic heterocycles. The second kappa shape index (κ2) is 5.41. The van der Waals surface area contributed by atoms with Gasteiger partial charge in [0.2, 0.25) is 0 Å². The van der Waals surface area contributed by atoms with E-state index in [9.17, 15) is 9.18 Å². The molecule has 0 aliphatic carbocycles. The van der Waals surface area contributed by atoms with Crippen LogP contribution in [0.5, 0.6) is 11.5 Å². The summed E-state index contributed by atoms with van der Waals surface area (Å²) in [7, 11) is 0. The van der Waals surface area contributed by atoms with Crippen molar-refractivity contribution in [1.82, 2.24) is 0 Å². The molecule has 4 heteroatoms. The average molecular weight is 279 g/mol. The highest BCUT2D eigenvalue weighted by Crippen LogP contribution is 2.32. The summed E-state index contributed by atoms with van der Waals surface area (Å²) in [6.07, 6.45) is 0. The Morgan fingerprint density at radius 2 is 1.89 bits per heavy atom. The monoisotopic (exact) mass is 278 g/mol. The standard InChI is InChI=1S/C15H12ClFO2/c1-9-3-5-13(17)15(7-9)19-14-6-4-11(10(2)18)8-12(14)16/h3-8H,1-2H3. The van der Waals surface area contributed by atoms with E-state index < -0.39 is 5.82 Å². The number of rotatable bonds is 3. The van der Waals surface area contributed by atoms with Crippen LogP contribution >= 0.6 is 11.6 Å².